The Morgan fingerprint density at radius 2 is 1.92 bits per heavy atom. The second-order valence-electron chi connectivity index (χ2n) is 6.58. The number of anilines is 1. The van der Waals surface area contributed by atoms with E-state index in [4.69, 9.17) is 13.9 Å². The lowest BCUT2D eigenvalue weighted by atomic mass is 9.81. The number of ether oxygens (including phenoxy) is 2. The Hall–Kier alpha value is -1.85. The van der Waals surface area contributed by atoms with Gasteiger partial charge in [-0.25, -0.2) is 4.79 Å². The molecule has 5 atom stereocenters. The zero-order chi connectivity index (χ0) is 17.3. The molecule has 1 aromatic carbocycles. The highest BCUT2D eigenvalue weighted by Gasteiger charge is 2.40. The van der Waals surface area contributed by atoms with Crippen molar-refractivity contribution in [3.8, 4) is 0 Å². The molecule has 5 heteroatoms. The normalized spacial score (nSPS) is 30.4. The van der Waals surface area contributed by atoms with Gasteiger partial charge < -0.3 is 19.2 Å². The summed E-state index contributed by atoms with van der Waals surface area (Å²) in [5.41, 5.74) is 1.12. The van der Waals surface area contributed by atoms with Crippen LogP contribution in [0.1, 0.15) is 27.2 Å². The number of rotatable bonds is 4. The summed E-state index contributed by atoms with van der Waals surface area (Å²) < 4.78 is 16.9. The van der Waals surface area contributed by atoms with Gasteiger partial charge in [0.2, 0.25) is 0 Å². The molecule has 1 aliphatic rings. The molecular weight excluding hydrogens is 306 g/mol. The van der Waals surface area contributed by atoms with Crippen LogP contribution < -0.4 is 10.9 Å². The fourth-order valence-electron chi connectivity index (χ4n) is 3.51. The summed E-state index contributed by atoms with van der Waals surface area (Å²) in [7, 11) is 1.67. The molecule has 0 spiro atoms. The predicted octanol–water partition coefficient (Wildman–Crippen LogP) is 3.63. The molecule has 3 rings (SSSR count). The molecule has 2 heterocycles. The van der Waals surface area contributed by atoms with Crippen LogP contribution in [0.5, 0.6) is 0 Å². The maximum absolute atomic E-state index is 11.4. The van der Waals surface area contributed by atoms with Gasteiger partial charge in [0, 0.05) is 30.3 Å². The van der Waals surface area contributed by atoms with Gasteiger partial charge in [0.05, 0.1) is 12.1 Å². The highest BCUT2D eigenvalue weighted by atomic mass is 16.7. The van der Waals surface area contributed by atoms with E-state index in [1.807, 2.05) is 18.2 Å². The van der Waals surface area contributed by atoms with Gasteiger partial charge in [-0.15, -0.1) is 0 Å². The van der Waals surface area contributed by atoms with Crippen molar-refractivity contribution in [2.75, 3.05) is 12.4 Å². The Balaban J connectivity index is 1.86. The Morgan fingerprint density at radius 1 is 1.17 bits per heavy atom. The van der Waals surface area contributed by atoms with E-state index in [0.29, 0.717) is 17.4 Å². The Labute approximate surface area is 141 Å². The predicted molar refractivity (Wildman–Crippen MR) is 94.2 cm³/mol. The molecule has 130 valence electrons. The van der Waals surface area contributed by atoms with E-state index >= 15 is 0 Å². The maximum atomic E-state index is 11.4. The van der Waals surface area contributed by atoms with Gasteiger partial charge >= 0.3 is 5.63 Å². The van der Waals surface area contributed by atoms with E-state index in [1.54, 1.807) is 13.2 Å². The van der Waals surface area contributed by atoms with Gasteiger partial charge in [-0.1, -0.05) is 20.8 Å². The summed E-state index contributed by atoms with van der Waals surface area (Å²) in [6.07, 6.45) is 0.872. The number of hydrogen-bond acceptors (Lipinski definition) is 5. The smallest absolute Gasteiger partial charge is 0.336 e. The summed E-state index contributed by atoms with van der Waals surface area (Å²) in [5.74, 6) is 0.810. The van der Waals surface area contributed by atoms with Crippen molar-refractivity contribution in [1.82, 2.24) is 0 Å². The van der Waals surface area contributed by atoms with E-state index < -0.39 is 0 Å². The van der Waals surface area contributed by atoms with Crippen molar-refractivity contribution in [2.45, 2.75) is 45.6 Å². The Morgan fingerprint density at radius 3 is 2.62 bits per heavy atom. The first-order valence-electron chi connectivity index (χ1n) is 8.52. The number of hydrogen-bond donors (Lipinski definition) is 1. The van der Waals surface area contributed by atoms with E-state index in [9.17, 15) is 4.79 Å². The van der Waals surface area contributed by atoms with Crippen LogP contribution in [0.4, 0.5) is 5.69 Å². The molecule has 24 heavy (non-hydrogen) atoms. The molecule has 1 fully saturated rings. The van der Waals surface area contributed by atoms with Gasteiger partial charge in [-0.3, -0.25) is 0 Å². The lowest BCUT2D eigenvalue weighted by molar-refractivity contribution is -0.215. The second-order valence-corrected chi connectivity index (χ2v) is 6.58. The average molecular weight is 331 g/mol. The maximum Gasteiger partial charge on any atom is 0.336 e. The van der Waals surface area contributed by atoms with Gasteiger partial charge in [0.1, 0.15) is 5.58 Å². The summed E-state index contributed by atoms with van der Waals surface area (Å²) in [4.78, 5) is 11.4. The fraction of sp³-hybridized carbons (Fsp3) is 0.526. The SMILES string of the molecule is CCC1O[C@H](OC)C(Nc2ccc3ccc(=O)oc3c2)[C@@H](C)[C@@H]1C. The topological polar surface area (TPSA) is 60.7 Å². The molecule has 0 aliphatic carbocycles. The van der Waals surface area contributed by atoms with Crippen molar-refractivity contribution >= 4 is 16.7 Å². The molecule has 2 unspecified atom stereocenters. The number of fused-ring (bicyclic) bond motifs is 1. The van der Waals surface area contributed by atoms with Crippen LogP contribution >= 0.6 is 0 Å². The Bertz CT molecular complexity index is 754. The first-order valence-corrected chi connectivity index (χ1v) is 8.52. The average Bonchev–Trinajstić information content (AvgIpc) is 2.59. The molecule has 0 saturated carbocycles. The van der Waals surface area contributed by atoms with E-state index in [2.05, 4.69) is 26.1 Å². The van der Waals surface area contributed by atoms with Crippen molar-refractivity contribution in [1.29, 1.82) is 0 Å². The zero-order valence-corrected chi connectivity index (χ0v) is 14.6. The molecule has 0 amide bonds. The van der Waals surface area contributed by atoms with Crippen LogP contribution in [-0.2, 0) is 9.47 Å². The van der Waals surface area contributed by atoms with Crippen molar-refractivity contribution in [3.05, 3.63) is 40.8 Å². The van der Waals surface area contributed by atoms with Crippen molar-refractivity contribution in [3.63, 3.8) is 0 Å². The van der Waals surface area contributed by atoms with Gasteiger partial charge in [-0.05, 0) is 36.5 Å². The minimum absolute atomic E-state index is 0.0284. The molecule has 0 bridgehead atoms. The summed E-state index contributed by atoms with van der Waals surface area (Å²) in [5, 5.41) is 4.41. The summed E-state index contributed by atoms with van der Waals surface area (Å²) in [6.45, 7) is 6.58. The standard InChI is InChI=1S/C19H25NO4/c1-5-15-11(2)12(3)18(19(22-4)24-15)20-14-8-6-13-7-9-17(21)23-16(13)10-14/h6-12,15,18-20H,5H2,1-4H3/t11-,12-,15?,18?,19-/m0/s1. The largest absolute Gasteiger partial charge is 0.423 e. The van der Waals surface area contributed by atoms with Crippen molar-refractivity contribution in [2.24, 2.45) is 11.8 Å². The monoisotopic (exact) mass is 331 g/mol. The lowest BCUT2D eigenvalue weighted by Crippen LogP contribution is -2.53. The number of nitrogens with one attached hydrogen (secondary N) is 1. The van der Waals surface area contributed by atoms with Gasteiger partial charge in [0.25, 0.3) is 0 Å². The second kappa shape index (κ2) is 6.95. The molecule has 0 radical (unpaired) electrons. The third kappa shape index (κ3) is 3.19. The molecule has 2 aromatic rings. The summed E-state index contributed by atoms with van der Waals surface area (Å²) >= 11 is 0. The van der Waals surface area contributed by atoms with Gasteiger partial charge in [-0.2, -0.15) is 0 Å². The first-order chi connectivity index (χ1) is 11.5. The minimum atomic E-state index is -0.344. The molecule has 1 aromatic heterocycles. The van der Waals surface area contributed by atoms with Crippen molar-refractivity contribution < 1.29 is 13.9 Å². The molecular formula is C19H25NO4. The quantitative estimate of drug-likeness (QED) is 0.867. The van der Waals surface area contributed by atoms with Crippen LogP contribution in [0.2, 0.25) is 0 Å². The highest BCUT2D eigenvalue weighted by Crippen LogP contribution is 2.34. The van der Waals surface area contributed by atoms with Crippen LogP contribution in [-0.4, -0.2) is 25.5 Å². The third-order valence-corrected chi connectivity index (χ3v) is 5.18. The Kier molecular flexibility index (Phi) is 4.92. The molecule has 5 nitrogen and oxygen atoms in total. The van der Waals surface area contributed by atoms with E-state index in [0.717, 1.165) is 17.5 Å². The zero-order valence-electron chi connectivity index (χ0n) is 14.6. The first kappa shape index (κ1) is 17.0. The van der Waals surface area contributed by atoms with E-state index in [1.165, 1.54) is 6.07 Å². The molecule has 1 N–H and O–H groups in total. The summed E-state index contributed by atoms with van der Waals surface area (Å²) in [6, 6.07) is 9.00. The number of methoxy groups -OCH3 is 1. The van der Waals surface area contributed by atoms with Crippen LogP contribution in [0.25, 0.3) is 11.0 Å². The molecule has 1 saturated heterocycles. The number of benzene rings is 1. The van der Waals surface area contributed by atoms with Gasteiger partial charge in [0.15, 0.2) is 6.29 Å². The highest BCUT2D eigenvalue weighted by molar-refractivity contribution is 5.80. The minimum Gasteiger partial charge on any atom is -0.423 e. The fourth-order valence-corrected chi connectivity index (χ4v) is 3.51. The van der Waals surface area contributed by atoms with E-state index in [-0.39, 0.29) is 24.1 Å². The molecule has 1 aliphatic heterocycles. The third-order valence-electron chi connectivity index (χ3n) is 5.18. The lowest BCUT2D eigenvalue weighted by Gasteiger charge is -2.44. The van der Waals surface area contributed by atoms with Crippen LogP contribution in [0.3, 0.4) is 0 Å². The van der Waals surface area contributed by atoms with Crippen LogP contribution in [0, 0.1) is 11.8 Å². The van der Waals surface area contributed by atoms with Crippen LogP contribution in [0.15, 0.2) is 39.5 Å².